The van der Waals surface area contributed by atoms with Crippen LogP contribution in [0.1, 0.15) is 156 Å². The van der Waals surface area contributed by atoms with E-state index >= 15 is 0 Å². The molecular formula is C62H76Cl2N4O17. The third-order valence-corrected chi connectivity index (χ3v) is 12.6. The number of nitro groups is 1. The normalized spacial score (nSPS) is 13.6. The number of para-hydroxylation sites is 1. The first-order chi connectivity index (χ1) is 39.7. The number of nitrogens with zero attached hydrogens (tertiary/aromatic N) is 3. The number of carbonyl (C=O) groups is 11. The monoisotopic (exact) mass is 1220 g/mol. The van der Waals surface area contributed by atoms with Crippen molar-refractivity contribution in [1.82, 2.24) is 15.1 Å². The highest BCUT2D eigenvalue weighted by Crippen LogP contribution is 2.29. The molecule has 3 aliphatic rings. The van der Waals surface area contributed by atoms with E-state index in [9.17, 15) is 62.9 Å². The van der Waals surface area contributed by atoms with E-state index in [1.165, 1.54) is 57.9 Å². The first-order valence-corrected chi connectivity index (χ1v) is 27.8. The molecule has 0 spiro atoms. The standard InChI is InChI=1S/C12H21NO5.C12H13NO3.C10H8Cl2O.C10H17NO3.C10H10O2.C8H7NO3/c1-8(14)6-7-9(10(15)17-5)13-11(16)18-12(2,3)4;14-11-6-7-13(8-11)12(15)16-9-10-4-2-1-3-5-10;11-9-4-6-1-2-8(13)3-7(6)5-10(9)12;1-10(2,3)14-9(13)11-6-4-8(12)5-7-11;1-7(11)9-3-5-10(6-4-9)8(2)12;1-6(10)7-4-2-3-5-8(7)9(11)12/h9H,6-7H2,1-5H3,(H,13,16);1-5H,6-9H2;4-5H,1-3H2;4-7H2,1-3H3;3-6H,1-2H3;2-5H,1H3. The van der Waals surface area contributed by atoms with Crippen LogP contribution >= 0.6 is 23.2 Å². The molecule has 0 saturated carbocycles. The molecule has 2 aliphatic heterocycles. The Morgan fingerprint density at radius 3 is 1.59 bits per heavy atom. The van der Waals surface area contributed by atoms with Gasteiger partial charge in [-0.25, -0.2) is 19.2 Å². The highest BCUT2D eigenvalue weighted by Gasteiger charge is 2.28. The summed E-state index contributed by atoms with van der Waals surface area (Å²) in [5.74, 6) is -0.304. The lowest BCUT2D eigenvalue weighted by Gasteiger charge is -2.29. The van der Waals surface area contributed by atoms with E-state index in [0.717, 1.165) is 23.1 Å². The Kier molecular flexibility index (Phi) is 30.8. The minimum Gasteiger partial charge on any atom is -0.467 e. The zero-order valence-electron chi connectivity index (χ0n) is 50.0. The van der Waals surface area contributed by atoms with E-state index in [1.807, 2.05) is 57.2 Å². The smallest absolute Gasteiger partial charge is 0.410 e. The predicted molar refractivity (Wildman–Crippen MR) is 318 cm³/mol. The maximum absolute atomic E-state index is 11.5. The number of hydrogen-bond donors (Lipinski definition) is 1. The molecule has 7 rings (SSSR count). The van der Waals surface area contributed by atoms with E-state index in [0.29, 0.717) is 72.9 Å². The summed E-state index contributed by atoms with van der Waals surface area (Å²) in [6, 6.07) is 24.8. The zero-order chi connectivity index (χ0) is 64.2. The number of hydrogen-bond acceptors (Lipinski definition) is 17. The Bertz CT molecular complexity index is 2930. The van der Waals surface area contributed by atoms with Crippen LogP contribution in [0.15, 0.2) is 91.0 Å². The number of rotatable bonds is 11. The number of nitro benzene ring substituents is 1. The van der Waals surface area contributed by atoms with Crippen molar-refractivity contribution in [2.75, 3.05) is 33.3 Å². The largest absolute Gasteiger partial charge is 0.467 e. The average Bonchev–Trinajstić information content (AvgIpc) is 4.04. The van der Waals surface area contributed by atoms with Crippen molar-refractivity contribution in [2.45, 2.75) is 144 Å². The van der Waals surface area contributed by atoms with Crippen molar-refractivity contribution in [3.05, 3.63) is 145 Å². The highest BCUT2D eigenvalue weighted by molar-refractivity contribution is 6.42. The molecule has 0 radical (unpaired) electrons. The zero-order valence-corrected chi connectivity index (χ0v) is 51.5. The van der Waals surface area contributed by atoms with E-state index in [1.54, 1.807) is 62.1 Å². The third-order valence-electron chi connectivity index (χ3n) is 11.9. The molecule has 1 N–H and O–H groups in total. The van der Waals surface area contributed by atoms with Crippen molar-refractivity contribution < 1.29 is 76.6 Å². The minimum atomic E-state index is -0.867. The average molecular weight is 1220 g/mol. The van der Waals surface area contributed by atoms with Crippen LogP contribution in [0.4, 0.5) is 20.1 Å². The topological polar surface area (TPSA) is 286 Å². The van der Waals surface area contributed by atoms with E-state index in [2.05, 4.69) is 10.1 Å². The van der Waals surface area contributed by atoms with Gasteiger partial charge in [-0.05, 0) is 117 Å². The lowest BCUT2D eigenvalue weighted by molar-refractivity contribution is -0.385. The van der Waals surface area contributed by atoms with Gasteiger partial charge < -0.3 is 38.9 Å². The molecule has 0 aromatic heterocycles. The molecular weight excluding hydrogens is 1140 g/mol. The number of piperidine rings is 1. The van der Waals surface area contributed by atoms with E-state index in [4.69, 9.17) is 37.4 Å². The van der Waals surface area contributed by atoms with Gasteiger partial charge in [-0.3, -0.25) is 38.9 Å². The molecule has 4 aromatic carbocycles. The summed E-state index contributed by atoms with van der Waals surface area (Å²) in [6.07, 6.45) is 2.25. The predicted octanol–water partition coefficient (Wildman–Crippen LogP) is 11.5. The number of methoxy groups -OCH3 is 1. The van der Waals surface area contributed by atoms with Crippen LogP contribution in [-0.2, 0) is 62.4 Å². The van der Waals surface area contributed by atoms with Crippen LogP contribution in [0.3, 0.4) is 0 Å². The van der Waals surface area contributed by atoms with Gasteiger partial charge in [-0.1, -0.05) is 89.9 Å². The number of ketones is 7. The molecule has 2 heterocycles. The molecule has 4 aromatic rings. The molecule has 85 heavy (non-hydrogen) atoms. The van der Waals surface area contributed by atoms with Gasteiger partial charge >= 0.3 is 24.2 Å². The van der Waals surface area contributed by atoms with Gasteiger partial charge in [0.05, 0.1) is 34.2 Å². The van der Waals surface area contributed by atoms with Gasteiger partial charge in [0.15, 0.2) is 23.1 Å². The Balaban J connectivity index is 0.000000350. The fraction of sp³-hybridized carbons (Fsp3) is 0.435. The van der Waals surface area contributed by atoms with Gasteiger partial charge in [0.1, 0.15) is 41.2 Å². The van der Waals surface area contributed by atoms with E-state index < -0.39 is 40.3 Å². The maximum Gasteiger partial charge on any atom is 0.410 e. The molecule has 2 saturated heterocycles. The summed E-state index contributed by atoms with van der Waals surface area (Å²) >= 11 is 11.7. The Hall–Kier alpha value is -8.17. The van der Waals surface area contributed by atoms with E-state index in [-0.39, 0.29) is 83.8 Å². The number of benzene rings is 4. The summed E-state index contributed by atoms with van der Waals surface area (Å²) in [5.41, 5.74) is 3.33. The molecule has 2 fully saturated rings. The van der Waals surface area contributed by atoms with Crippen LogP contribution in [0.25, 0.3) is 0 Å². The second kappa shape index (κ2) is 35.9. The summed E-state index contributed by atoms with van der Waals surface area (Å²) in [6.45, 7) is 18.3. The van der Waals surface area contributed by atoms with Crippen LogP contribution < -0.4 is 5.32 Å². The molecule has 3 amide bonds. The lowest BCUT2D eigenvalue weighted by atomic mass is 9.91. The molecule has 1 unspecified atom stereocenters. The van der Waals surface area contributed by atoms with Crippen molar-refractivity contribution in [1.29, 1.82) is 0 Å². The number of Topliss-reactive ketones (excluding diaryl/α,β-unsaturated/α-hetero) is 7. The molecule has 21 nitrogen and oxygen atoms in total. The number of carbonyl (C=O) groups excluding carboxylic acids is 11. The van der Waals surface area contributed by atoms with Crippen molar-refractivity contribution >= 4 is 93.6 Å². The number of amides is 3. The minimum absolute atomic E-state index is 0.0186. The maximum atomic E-state index is 11.5. The number of esters is 1. The molecule has 0 bridgehead atoms. The van der Waals surface area contributed by atoms with Gasteiger partial charge in [0.2, 0.25) is 0 Å². The second-order valence-corrected chi connectivity index (χ2v) is 22.3. The first kappa shape index (κ1) is 72.9. The summed E-state index contributed by atoms with van der Waals surface area (Å²) in [7, 11) is 1.22. The van der Waals surface area contributed by atoms with Crippen LogP contribution in [0, 0.1) is 10.1 Å². The summed E-state index contributed by atoms with van der Waals surface area (Å²) in [5, 5.41) is 13.9. The fourth-order valence-corrected chi connectivity index (χ4v) is 7.90. The number of ether oxygens (including phenoxy) is 4. The lowest BCUT2D eigenvalue weighted by Crippen LogP contribution is -2.44. The molecule has 23 heteroatoms. The van der Waals surface area contributed by atoms with Gasteiger partial charge in [0, 0.05) is 75.4 Å². The number of halogens is 2. The summed E-state index contributed by atoms with van der Waals surface area (Å²) in [4.78, 5) is 135. The number of alkyl carbamates (subject to hydrolysis) is 1. The number of aryl methyl sites for hydroxylation is 1. The Labute approximate surface area is 505 Å². The van der Waals surface area contributed by atoms with Crippen LogP contribution in [0.5, 0.6) is 0 Å². The molecule has 1 aliphatic carbocycles. The highest BCUT2D eigenvalue weighted by atomic mass is 35.5. The van der Waals surface area contributed by atoms with Crippen LogP contribution in [-0.4, -0.2) is 130 Å². The van der Waals surface area contributed by atoms with Crippen LogP contribution in [0.2, 0.25) is 10.0 Å². The first-order valence-electron chi connectivity index (χ1n) is 27.1. The molecule has 1 atom stereocenters. The third kappa shape index (κ3) is 29.3. The number of nitrogens with one attached hydrogen (secondary N) is 1. The van der Waals surface area contributed by atoms with Gasteiger partial charge in [-0.2, -0.15) is 0 Å². The number of fused-ring (bicyclic) bond motifs is 1. The van der Waals surface area contributed by atoms with Crippen molar-refractivity contribution in [3.8, 4) is 0 Å². The quantitative estimate of drug-likeness (QED) is 0.0480. The van der Waals surface area contributed by atoms with Crippen molar-refractivity contribution in [2.24, 2.45) is 0 Å². The number of likely N-dealkylation sites (tertiary alicyclic amines) is 2. The SMILES string of the molecule is CC(=O)c1ccc(C(C)=O)cc1.CC(=O)c1ccccc1[N+](=O)[O-].CC(C)(C)OC(=O)N1CCC(=O)CC1.COC(=O)C(CCC(C)=O)NC(=O)OC(C)(C)C.O=C1CCN(C(=O)OCc2ccccc2)C1.O=C1CCc2cc(Cl)c(Cl)cc2C1. The van der Waals surface area contributed by atoms with Gasteiger partial charge in [-0.15, -0.1) is 0 Å². The fourth-order valence-electron chi connectivity index (χ4n) is 7.52. The molecule has 460 valence electrons. The van der Waals surface area contributed by atoms with Crippen molar-refractivity contribution in [3.63, 3.8) is 0 Å². The Morgan fingerprint density at radius 2 is 1.13 bits per heavy atom. The summed E-state index contributed by atoms with van der Waals surface area (Å²) < 4.78 is 19.9. The Morgan fingerprint density at radius 1 is 0.624 bits per heavy atom. The van der Waals surface area contributed by atoms with Gasteiger partial charge in [0.25, 0.3) is 5.69 Å². The second-order valence-electron chi connectivity index (χ2n) is 21.5.